The van der Waals surface area contributed by atoms with Crippen LogP contribution in [-0.2, 0) is 10.8 Å². The first-order chi connectivity index (χ1) is 51.3. The highest BCUT2D eigenvalue weighted by Gasteiger charge is 2.46. The van der Waals surface area contributed by atoms with Crippen molar-refractivity contribution in [2.75, 3.05) is 0 Å². The van der Waals surface area contributed by atoms with Crippen molar-refractivity contribution in [2.45, 2.75) is 24.7 Å². The molecule has 0 amide bonds. The second-order valence-corrected chi connectivity index (χ2v) is 27.0. The predicted octanol–water partition coefficient (Wildman–Crippen LogP) is 23.0. The number of rotatable bonds is 12. The molecule has 104 heavy (non-hydrogen) atoms. The monoisotopic (exact) mass is 1330 g/mol. The highest BCUT2D eigenvalue weighted by atomic mass is 15.0. The van der Waals surface area contributed by atoms with Crippen LogP contribution in [0.25, 0.3) is 146 Å². The Bertz CT molecular complexity index is 5960. The number of hydrogen-bond donors (Lipinski definition) is 0. The molecular weight excluding hydrogens is 1270 g/mol. The summed E-state index contributed by atoms with van der Waals surface area (Å²) in [4.78, 5) is 38.2. The van der Waals surface area contributed by atoms with Gasteiger partial charge in [-0.15, -0.1) is 0 Å². The Kier molecular flexibility index (Phi) is 16.0. The van der Waals surface area contributed by atoms with Gasteiger partial charge < -0.3 is 0 Å². The number of aromatic nitrogens is 8. The third kappa shape index (κ3) is 11.4. The van der Waals surface area contributed by atoms with Crippen LogP contribution in [-0.4, -0.2) is 39.9 Å². The van der Waals surface area contributed by atoms with Gasteiger partial charge in [0.25, 0.3) is 0 Å². The molecule has 490 valence electrons. The molecule has 8 heteroatoms. The van der Waals surface area contributed by atoms with Gasteiger partial charge in [0.1, 0.15) is 0 Å². The maximum absolute atomic E-state index is 5.01. The summed E-state index contributed by atoms with van der Waals surface area (Å²) in [6.07, 6.45) is 7.08. The Morgan fingerprint density at radius 2 is 0.577 bits per heavy atom. The smallest absolute Gasteiger partial charge is 0.165 e. The molecular formula is C96H66N8. The summed E-state index contributed by atoms with van der Waals surface area (Å²) in [6, 6.07) is 120. The van der Waals surface area contributed by atoms with Gasteiger partial charge in [-0.1, -0.05) is 317 Å². The van der Waals surface area contributed by atoms with Gasteiger partial charge in [-0.2, -0.15) is 0 Å². The van der Waals surface area contributed by atoms with E-state index in [-0.39, 0.29) is 5.41 Å². The fourth-order valence-electron chi connectivity index (χ4n) is 15.4. The lowest BCUT2D eigenvalue weighted by Gasteiger charge is -2.33. The number of benzene rings is 13. The molecule has 0 saturated carbocycles. The molecule has 0 N–H and O–H groups in total. The number of pyridine rings is 2. The van der Waals surface area contributed by atoms with Crippen LogP contribution in [0.5, 0.6) is 0 Å². The zero-order chi connectivity index (χ0) is 69.6. The minimum Gasteiger partial charge on any atom is -0.265 e. The highest BCUT2D eigenvalue weighted by molar-refractivity contribution is 6.03. The molecule has 4 heterocycles. The van der Waals surface area contributed by atoms with E-state index in [1.54, 1.807) is 24.8 Å². The van der Waals surface area contributed by atoms with Crippen molar-refractivity contribution in [3.63, 3.8) is 0 Å². The van der Waals surface area contributed by atoms with E-state index in [2.05, 4.69) is 327 Å². The number of nitrogens with zero attached hydrogens (tertiary/aromatic N) is 8. The second kappa shape index (κ2) is 26.5. The van der Waals surface area contributed by atoms with Crippen LogP contribution < -0.4 is 0 Å². The fraction of sp³-hybridized carbons (Fsp3) is 0.0417. The molecule has 2 aliphatic rings. The molecule has 2 aliphatic carbocycles. The van der Waals surface area contributed by atoms with Gasteiger partial charge in [0.15, 0.2) is 34.9 Å². The SMILES string of the molecule is CC1(C)c2ccc(-c3ccc(-c4nc(-c5ccncc5)nc(-c5ccc(-c6ccccc6)cc5)n4)cc3)cc2-c2c1ccc1ccccc21.c1ccc(-c2ccc(-c3nc(-c4ccc(-c5ccc6c(c5)-c5ccccc5C6(c5ccccc5)c5ccccc5)cc4)nc(-c4cccnc4)n3)cc2)cc1. The van der Waals surface area contributed by atoms with Gasteiger partial charge in [0.2, 0.25) is 0 Å². The molecule has 0 atom stereocenters. The van der Waals surface area contributed by atoms with Crippen molar-refractivity contribution >= 4 is 10.8 Å². The van der Waals surface area contributed by atoms with E-state index in [9.17, 15) is 0 Å². The van der Waals surface area contributed by atoms with Crippen molar-refractivity contribution < 1.29 is 0 Å². The van der Waals surface area contributed by atoms with Gasteiger partial charge in [-0.25, -0.2) is 29.9 Å². The summed E-state index contributed by atoms with van der Waals surface area (Å²) in [7, 11) is 0. The van der Waals surface area contributed by atoms with E-state index < -0.39 is 5.41 Å². The first-order valence-corrected chi connectivity index (χ1v) is 35.2. The Balaban J connectivity index is 0.000000149. The van der Waals surface area contributed by atoms with Gasteiger partial charge in [0, 0.05) is 63.6 Å². The molecule has 19 rings (SSSR count). The summed E-state index contributed by atoms with van der Waals surface area (Å²) in [5.41, 5.74) is 27.3. The van der Waals surface area contributed by atoms with Gasteiger partial charge in [0.05, 0.1) is 5.41 Å². The summed E-state index contributed by atoms with van der Waals surface area (Å²) in [6.45, 7) is 4.67. The van der Waals surface area contributed by atoms with Crippen molar-refractivity contribution in [3.05, 3.63) is 398 Å². The molecule has 4 aromatic heterocycles. The van der Waals surface area contributed by atoms with Crippen LogP contribution in [0, 0.1) is 0 Å². The lowest BCUT2D eigenvalue weighted by molar-refractivity contribution is 0.661. The lowest BCUT2D eigenvalue weighted by atomic mass is 9.67. The average molecular weight is 1330 g/mol. The molecule has 8 nitrogen and oxygen atoms in total. The van der Waals surface area contributed by atoms with Crippen molar-refractivity contribution in [1.82, 2.24) is 39.9 Å². The van der Waals surface area contributed by atoms with E-state index in [0.29, 0.717) is 34.9 Å². The van der Waals surface area contributed by atoms with Crippen LogP contribution in [0.4, 0.5) is 0 Å². The van der Waals surface area contributed by atoms with Crippen molar-refractivity contribution in [2.24, 2.45) is 0 Å². The number of fused-ring (bicyclic) bond motifs is 8. The van der Waals surface area contributed by atoms with E-state index in [4.69, 9.17) is 29.9 Å². The average Bonchev–Trinajstić information content (AvgIpc) is 1.50. The summed E-state index contributed by atoms with van der Waals surface area (Å²) >= 11 is 0. The maximum Gasteiger partial charge on any atom is 0.165 e. The van der Waals surface area contributed by atoms with Crippen LogP contribution in [0.15, 0.2) is 365 Å². The van der Waals surface area contributed by atoms with Crippen LogP contribution in [0.2, 0.25) is 0 Å². The highest BCUT2D eigenvalue weighted by Crippen LogP contribution is 2.57. The Morgan fingerprint density at radius 3 is 1.07 bits per heavy atom. The third-order valence-corrected chi connectivity index (χ3v) is 20.6. The van der Waals surface area contributed by atoms with Crippen molar-refractivity contribution in [1.29, 1.82) is 0 Å². The Labute approximate surface area is 604 Å². The fourth-order valence-corrected chi connectivity index (χ4v) is 15.4. The molecule has 0 saturated heterocycles. The molecule has 0 fully saturated rings. The first kappa shape index (κ1) is 62.7. The maximum atomic E-state index is 5.01. The quantitative estimate of drug-likeness (QED) is 0.119. The molecule has 0 unspecified atom stereocenters. The van der Waals surface area contributed by atoms with E-state index in [1.807, 2.05) is 36.4 Å². The van der Waals surface area contributed by atoms with E-state index >= 15 is 0 Å². The molecule has 17 aromatic rings. The normalized spacial score (nSPS) is 12.7. The minimum atomic E-state index is -0.416. The third-order valence-electron chi connectivity index (χ3n) is 20.6. The van der Waals surface area contributed by atoms with Crippen LogP contribution >= 0.6 is 0 Å². The topological polar surface area (TPSA) is 103 Å². The second-order valence-electron chi connectivity index (χ2n) is 27.0. The summed E-state index contributed by atoms with van der Waals surface area (Å²) in [5, 5.41) is 2.58. The van der Waals surface area contributed by atoms with E-state index in [0.717, 1.165) is 61.2 Å². The van der Waals surface area contributed by atoms with Gasteiger partial charge in [-0.05, 0) is 147 Å². The Morgan fingerprint density at radius 1 is 0.221 bits per heavy atom. The lowest BCUT2D eigenvalue weighted by Crippen LogP contribution is -2.28. The first-order valence-electron chi connectivity index (χ1n) is 35.2. The van der Waals surface area contributed by atoms with E-state index in [1.165, 1.54) is 83.1 Å². The standard InChI is InChI=1S/C51H34N4.C45H32N4/c1-4-13-35(14-5-1)36-22-26-38(27-23-36)48-53-49(55-50(54-48)41-15-12-32-52-34-41)39-28-24-37(25-29-39)40-30-31-47-45(33-40)44-20-10-11-21-46(44)51(47,42-16-6-2-7-17-42)43-18-8-3-9-19-43;1-45(2)39-22-21-36(28-38(39)41-37-11-7-6-10-32(37)20-23-40(41)45)31-14-18-34(19-15-31)43-47-42(48-44(49-43)35-24-26-46-27-25-35)33-16-12-30(13-17-33)29-8-4-3-5-9-29/h1-34H;3-28H,1-2H3. The Hall–Kier alpha value is -13.6. The minimum absolute atomic E-state index is 0.0537. The van der Waals surface area contributed by atoms with Gasteiger partial charge in [-0.3, -0.25) is 9.97 Å². The summed E-state index contributed by atoms with van der Waals surface area (Å²) in [5.74, 6) is 3.69. The molecule has 0 aliphatic heterocycles. The van der Waals surface area contributed by atoms with Crippen molar-refractivity contribution in [3.8, 4) is 135 Å². The zero-order valence-electron chi connectivity index (χ0n) is 57.2. The zero-order valence-corrected chi connectivity index (χ0v) is 57.2. The molecule has 0 radical (unpaired) electrons. The number of hydrogen-bond acceptors (Lipinski definition) is 8. The molecule has 0 spiro atoms. The van der Waals surface area contributed by atoms with Gasteiger partial charge >= 0.3 is 0 Å². The van der Waals surface area contributed by atoms with Crippen LogP contribution in [0.3, 0.4) is 0 Å². The predicted molar refractivity (Wildman–Crippen MR) is 422 cm³/mol. The molecule has 13 aromatic carbocycles. The largest absolute Gasteiger partial charge is 0.265 e. The molecule has 0 bridgehead atoms. The summed E-state index contributed by atoms with van der Waals surface area (Å²) < 4.78 is 0. The van der Waals surface area contributed by atoms with Crippen LogP contribution in [0.1, 0.15) is 47.2 Å².